The zero-order chi connectivity index (χ0) is 17.9. The van der Waals surface area contributed by atoms with Crippen molar-refractivity contribution in [2.24, 2.45) is 29.1 Å². The number of aliphatic hydroxyl groups excluding tert-OH is 1. The summed E-state index contributed by atoms with van der Waals surface area (Å²) in [5.41, 5.74) is -1.68. The van der Waals surface area contributed by atoms with E-state index >= 15 is 0 Å². The van der Waals surface area contributed by atoms with E-state index in [2.05, 4.69) is 20.8 Å². The maximum absolute atomic E-state index is 12.1. The van der Waals surface area contributed by atoms with Crippen molar-refractivity contribution in [1.82, 2.24) is 0 Å². The van der Waals surface area contributed by atoms with E-state index in [4.69, 9.17) is 18.9 Å². The van der Waals surface area contributed by atoms with Gasteiger partial charge >= 0.3 is 5.97 Å². The van der Waals surface area contributed by atoms with E-state index < -0.39 is 22.9 Å². The number of ether oxygens (including phenoxy) is 4. The Hall–Kier alpha value is -0.690. The molecule has 4 heterocycles. The summed E-state index contributed by atoms with van der Waals surface area (Å²) in [6.45, 7) is 7.08. The highest BCUT2D eigenvalue weighted by molar-refractivity contribution is 5.75. The first-order valence-corrected chi connectivity index (χ1v) is 10.2. The molecule has 6 nitrogen and oxygen atoms in total. The van der Waals surface area contributed by atoms with Gasteiger partial charge in [0.25, 0.3) is 0 Å². The molecule has 7 rings (SSSR count). The molecule has 142 valence electrons. The lowest BCUT2D eigenvalue weighted by atomic mass is 9.44. The number of epoxide rings is 3. The highest BCUT2D eigenvalue weighted by Gasteiger charge is 3.00. The van der Waals surface area contributed by atoms with Crippen LogP contribution in [0.3, 0.4) is 0 Å². The summed E-state index contributed by atoms with van der Waals surface area (Å²) in [6.07, 6.45) is 2.03. The van der Waals surface area contributed by atoms with Crippen LogP contribution in [0.4, 0.5) is 0 Å². The molecule has 6 heteroatoms. The molecule has 2 spiro atoms. The van der Waals surface area contributed by atoms with E-state index in [9.17, 15) is 9.90 Å². The van der Waals surface area contributed by atoms with Gasteiger partial charge in [0.15, 0.2) is 5.60 Å². The Morgan fingerprint density at radius 3 is 2.77 bits per heavy atom. The SMILES string of the molecule is CC(C)[C@]12O[C@H]1[C@@H]1O[C@]13[C@]1(O[C@H]1C[C@H]1C4COC(=O)C4CC[C@@]13C)[C@@H]2O. The number of cyclic esters (lactones) is 1. The van der Waals surface area contributed by atoms with Crippen LogP contribution in [0.1, 0.15) is 40.0 Å². The summed E-state index contributed by atoms with van der Waals surface area (Å²) in [4.78, 5) is 12.1. The van der Waals surface area contributed by atoms with E-state index in [1.165, 1.54) is 0 Å². The number of aliphatic hydroxyl groups is 1. The third-order valence-corrected chi connectivity index (χ3v) is 9.59. The summed E-state index contributed by atoms with van der Waals surface area (Å²) in [5, 5.41) is 11.5. The molecule has 0 aromatic heterocycles. The van der Waals surface area contributed by atoms with Crippen LogP contribution in [-0.4, -0.2) is 58.9 Å². The average molecular weight is 362 g/mol. The Kier molecular flexibility index (Phi) is 2.28. The molecular weight excluding hydrogens is 336 g/mol. The second-order valence-corrected chi connectivity index (χ2v) is 10.3. The fourth-order valence-electron chi connectivity index (χ4n) is 8.22. The number of carbonyl (C=O) groups excluding carboxylic acids is 1. The minimum absolute atomic E-state index is 0.0100. The normalized spacial score (nSPS) is 68.7. The first-order valence-electron chi connectivity index (χ1n) is 10.2. The Morgan fingerprint density at radius 2 is 2.00 bits per heavy atom. The maximum Gasteiger partial charge on any atom is 0.309 e. The molecule has 3 aliphatic carbocycles. The van der Waals surface area contributed by atoms with Crippen molar-refractivity contribution in [2.45, 2.75) is 81.3 Å². The third-order valence-electron chi connectivity index (χ3n) is 9.59. The van der Waals surface area contributed by atoms with Gasteiger partial charge in [-0.15, -0.1) is 0 Å². The standard InChI is InChI=1S/C20H26O6/c1-8(2)18-13(25-18)14-20(26-14)17(3)5-4-9-10(7-23-15(9)21)11(17)6-12-19(20,24-12)16(18)22/h8-14,16,22H,4-7H2,1-3H3/t9?,10?,11-,12-,13-,14-,16+,17-,18-,19+,20+/m0/s1. The van der Waals surface area contributed by atoms with Crippen LogP contribution in [-0.2, 0) is 23.7 Å². The zero-order valence-corrected chi connectivity index (χ0v) is 15.4. The first kappa shape index (κ1) is 15.3. The van der Waals surface area contributed by atoms with Gasteiger partial charge in [0.1, 0.15) is 29.5 Å². The lowest BCUT2D eigenvalue weighted by Crippen LogP contribution is -2.70. The molecule has 0 aromatic carbocycles. The van der Waals surface area contributed by atoms with Crippen LogP contribution >= 0.6 is 0 Å². The van der Waals surface area contributed by atoms with Crippen LogP contribution in [0.25, 0.3) is 0 Å². The van der Waals surface area contributed by atoms with Crippen molar-refractivity contribution in [3.8, 4) is 0 Å². The van der Waals surface area contributed by atoms with Gasteiger partial charge in [-0.1, -0.05) is 20.8 Å². The molecule has 4 saturated heterocycles. The topological polar surface area (TPSA) is 84.1 Å². The first-order chi connectivity index (χ1) is 12.3. The quantitative estimate of drug-likeness (QED) is 0.554. The van der Waals surface area contributed by atoms with Crippen LogP contribution in [0.15, 0.2) is 0 Å². The van der Waals surface area contributed by atoms with Crippen molar-refractivity contribution in [2.75, 3.05) is 6.61 Å². The van der Waals surface area contributed by atoms with Crippen molar-refractivity contribution < 1.29 is 28.8 Å². The summed E-state index contributed by atoms with van der Waals surface area (Å²) in [7, 11) is 0. The van der Waals surface area contributed by atoms with E-state index in [1.807, 2.05) is 0 Å². The highest BCUT2D eigenvalue weighted by Crippen LogP contribution is 2.83. The molecule has 7 aliphatic rings. The number of hydrogen-bond acceptors (Lipinski definition) is 6. The van der Waals surface area contributed by atoms with Gasteiger partial charge in [0, 0.05) is 11.3 Å². The lowest BCUT2D eigenvalue weighted by Gasteiger charge is -2.55. The van der Waals surface area contributed by atoms with Crippen LogP contribution in [0.5, 0.6) is 0 Å². The molecular formula is C20H26O6. The minimum atomic E-state index is -0.638. The van der Waals surface area contributed by atoms with Crippen molar-refractivity contribution >= 4 is 5.97 Å². The second kappa shape index (κ2) is 3.88. The fraction of sp³-hybridized carbons (Fsp3) is 0.950. The van der Waals surface area contributed by atoms with Crippen molar-refractivity contribution in [3.05, 3.63) is 0 Å². The third kappa shape index (κ3) is 1.18. The van der Waals surface area contributed by atoms with E-state index in [1.54, 1.807) is 0 Å². The molecule has 4 aliphatic heterocycles. The van der Waals surface area contributed by atoms with Crippen molar-refractivity contribution in [1.29, 1.82) is 0 Å². The molecule has 0 amide bonds. The molecule has 0 aromatic rings. The monoisotopic (exact) mass is 362 g/mol. The minimum Gasteiger partial charge on any atom is -0.465 e. The molecule has 3 saturated carbocycles. The second-order valence-electron chi connectivity index (χ2n) is 10.3. The van der Waals surface area contributed by atoms with Crippen LogP contribution in [0, 0.1) is 29.1 Å². The van der Waals surface area contributed by atoms with E-state index in [0.717, 1.165) is 19.3 Å². The molecule has 11 atom stereocenters. The number of rotatable bonds is 1. The number of carbonyl (C=O) groups is 1. The van der Waals surface area contributed by atoms with Gasteiger partial charge in [0.2, 0.25) is 0 Å². The average Bonchev–Trinajstić information content (AvgIpc) is 3.47. The highest BCUT2D eigenvalue weighted by atomic mass is 16.7. The van der Waals surface area contributed by atoms with Gasteiger partial charge in [0.05, 0.1) is 18.6 Å². The van der Waals surface area contributed by atoms with E-state index in [-0.39, 0.29) is 47.4 Å². The number of esters is 1. The van der Waals surface area contributed by atoms with E-state index in [0.29, 0.717) is 12.5 Å². The Balaban J connectivity index is 1.35. The fourth-order valence-corrected chi connectivity index (χ4v) is 8.22. The predicted molar refractivity (Wildman–Crippen MR) is 87.0 cm³/mol. The molecule has 7 fully saturated rings. The predicted octanol–water partition coefficient (Wildman–Crippen LogP) is 1.04. The van der Waals surface area contributed by atoms with Crippen LogP contribution in [0.2, 0.25) is 0 Å². The summed E-state index contributed by atoms with van der Waals surface area (Å²) in [6, 6.07) is 0. The number of fused-ring (bicyclic) bond motifs is 5. The van der Waals surface area contributed by atoms with Gasteiger partial charge in [-0.3, -0.25) is 4.79 Å². The van der Waals surface area contributed by atoms with Crippen LogP contribution < -0.4 is 0 Å². The summed E-state index contributed by atoms with van der Waals surface area (Å²) >= 11 is 0. The van der Waals surface area contributed by atoms with Gasteiger partial charge < -0.3 is 24.1 Å². The zero-order valence-electron chi connectivity index (χ0n) is 15.4. The Morgan fingerprint density at radius 1 is 1.19 bits per heavy atom. The molecule has 26 heavy (non-hydrogen) atoms. The maximum atomic E-state index is 12.1. The smallest absolute Gasteiger partial charge is 0.309 e. The van der Waals surface area contributed by atoms with Gasteiger partial charge in [-0.2, -0.15) is 0 Å². The Labute approximate surface area is 152 Å². The molecule has 0 bridgehead atoms. The van der Waals surface area contributed by atoms with Gasteiger partial charge in [-0.05, 0) is 31.1 Å². The lowest BCUT2D eigenvalue weighted by molar-refractivity contribution is -0.145. The molecule has 1 N–H and O–H groups in total. The molecule has 0 radical (unpaired) electrons. The summed E-state index contributed by atoms with van der Waals surface area (Å²) in [5.74, 6) is 0.844. The summed E-state index contributed by atoms with van der Waals surface area (Å²) < 4.78 is 24.5. The Bertz CT molecular complexity index is 753. The number of hydrogen-bond donors (Lipinski definition) is 1. The van der Waals surface area contributed by atoms with Gasteiger partial charge in [-0.25, -0.2) is 0 Å². The largest absolute Gasteiger partial charge is 0.465 e. The van der Waals surface area contributed by atoms with Crippen molar-refractivity contribution in [3.63, 3.8) is 0 Å². The molecule has 2 unspecified atom stereocenters.